The van der Waals surface area contributed by atoms with Crippen LogP contribution in [0.4, 0.5) is 0 Å². The number of rotatable bonds is 5. The Morgan fingerprint density at radius 1 is 1.04 bits per heavy atom. The van der Waals surface area contributed by atoms with Crippen molar-refractivity contribution in [3.8, 4) is 17.0 Å². The summed E-state index contributed by atoms with van der Waals surface area (Å²) in [6, 6.07) is 13.5. The van der Waals surface area contributed by atoms with Gasteiger partial charge in [0, 0.05) is 29.4 Å². The van der Waals surface area contributed by atoms with Crippen LogP contribution >= 0.6 is 11.6 Å². The number of hydrogen-bond donors (Lipinski definition) is 1. The largest absolute Gasteiger partial charge is 0.481 e. The second kappa shape index (κ2) is 7.44. The van der Waals surface area contributed by atoms with E-state index in [1.54, 1.807) is 33.4 Å². The average molecular weight is 369 g/mol. The molecule has 1 aromatic carbocycles. The molecule has 0 aliphatic heterocycles. The lowest BCUT2D eigenvalue weighted by Crippen LogP contribution is -2.17. The minimum absolute atomic E-state index is 0.562. The van der Waals surface area contributed by atoms with Gasteiger partial charge in [-0.25, -0.2) is 4.98 Å². The van der Waals surface area contributed by atoms with Crippen molar-refractivity contribution >= 4 is 11.6 Å². The molecule has 0 aliphatic carbocycles. The molecule has 26 heavy (non-hydrogen) atoms. The Balaban J connectivity index is 1.91. The van der Waals surface area contributed by atoms with Gasteiger partial charge in [-0.2, -0.15) is 0 Å². The lowest BCUT2D eigenvalue weighted by atomic mass is 10.0. The lowest BCUT2D eigenvalue weighted by molar-refractivity contribution is 0.0738. The summed E-state index contributed by atoms with van der Waals surface area (Å²) in [5.41, 5.74) is 3.64. The van der Waals surface area contributed by atoms with Crippen LogP contribution < -0.4 is 4.74 Å². The van der Waals surface area contributed by atoms with Crippen LogP contribution in [0.5, 0.6) is 5.88 Å². The second-order valence-corrected chi connectivity index (χ2v) is 7.13. The molecule has 0 amide bonds. The first-order valence-corrected chi connectivity index (χ1v) is 8.71. The van der Waals surface area contributed by atoms with Crippen LogP contribution in [0.25, 0.3) is 11.1 Å². The van der Waals surface area contributed by atoms with Crippen LogP contribution in [-0.4, -0.2) is 22.2 Å². The normalized spacial score (nSPS) is 11.4. The molecule has 0 unspecified atom stereocenters. The third-order valence-corrected chi connectivity index (χ3v) is 4.33. The number of pyridine rings is 2. The first kappa shape index (κ1) is 18.4. The summed E-state index contributed by atoms with van der Waals surface area (Å²) in [7, 11) is 1.61. The van der Waals surface area contributed by atoms with Crippen molar-refractivity contribution in [1.82, 2.24) is 9.97 Å². The van der Waals surface area contributed by atoms with Gasteiger partial charge >= 0.3 is 0 Å². The maximum Gasteiger partial charge on any atom is 0.221 e. The molecule has 3 aromatic rings. The van der Waals surface area contributed by atoms with Crippen molar-refractivity contribution in [2.24, 2.45) is 0 Å². The van der Waals surface area contributed by atoms with Gasteiger partial charge in [0.15, 0.2) is 0 Å². The van der Waals surface area contributed by atoms with E-state index in [9.17, 15) is 5.11 Å². The zero-order valence-corrected chi connectivity index (χ0v) is 15.8. The molecule has 5 heteroatoms. The highest BCUT2D eigenvalue weighted by atomic mass is 35.5. The fourth-order valence-electron chi connectivity index (χ4n) is 2.74. The summed E-state index contributed by atoms with van der Waals surface area (Å²) in [6.45, 7) is 3.44. The van der Waals surface area contributed by atoms with E-state index in [1.807, 2.05) is 36.4 Å². The number of benzene rings is 1. The highest BCUT2D eigenvalue weighted by Gasteiger charge is 2.17. The summed E-state index contributed by atoms with van der Waals surface area (Å²) in [6.07, 6.45) is 4.27. The van der Waals surface area contributed by atoms with E-state index >= 15 is 0 Å². The fourth-order valence-corrected chi connectivity index (χ4v) is 2.93. The highest BCUT2D eigenvalue weighted by molar-refractivity contribution is 6.30. The topological polar surface area (TPSA) is 55.2 Å². The Bertz CT molecular complexity index is 903. The van der Waals surface area contributed by atoms with Crippen molar-refractivity contribution in [3.63, 3.8) is 0 Å². The molecular weight excluding hydrogens is 348 g/mol. The molecular formula is C21H21ClN2O2. The molecule has 2 aromatic heterocycles. The standard InChI is InChI=1S/C21H21ClN2O2/c1-21(2,25)19-8-7-14(12-23-19)9-15-10-18(20(26-3)24-13-15)16-5-4-6-17(22)11-16/h4-8,10-13,25H,9H2,1-3H3. The Hall–Kier alpha value is -2.43. The van der Waals surface area contributed by atoms with Crippen molar-refractivity contribution in [2.45, 2.75) is 25.9 Å². The molecule has 4 nitrogen and oxygen atoms in total. The van der Waals surface area contributed by atoms with Crippen LogP contribution in [-0.2, 0) is 12.0 Å². The number of ether oxygens (including phenoxy) is 1. The zero-order chi connectivity index (χ0) is 18.7. The van der Waals surface area contributed by atoms with E-state index < -0.39 is 5.60 Å². The van der Waals surface area contributed by atoms with E-state index in [-0.39, 0.29) is 0 Å². The summed E-state index contributed by atoms with van der Waals surface area (Å²) < 4.78 is 5.40. The number of hydrogen-bond acceptors (Lipinski definition) is 4. The highest BCUT2D eigenvalue weighted by Crippen LogP contribution is 2.31. The van der Waals surface area contributed by atoms with E-state index in [1.165, 1.54) is 0 Å². The van der Waals surface area contributed by atoms with E-state index in [4.69, 9.17) is 16.3 Å². The van der Waals surface area contributed by atoms with E-state index in [0.717, 1.165) is 22.3 Å². The Labute approximate surface area is 158 Å². The number of methoxy groups -OCH3 is 1. The molecule has 0 saturated carbocycles. The summed E-state index contributed by atoms with van der Waals surface area (Å²) >= 11 is 6.12. The average Bonchev–Trinajstić information content (AvgIpc) is 2.61. The van der Waals surface area contributed by atoms with Crippen LogP contribution in [0.2, 0.25) is 5.02 Å². The third kappa shape index (κ3) is 4.21. The molecule has 0 saturated heterocycles. The van der Waals surface area contributed by atoms with Gasteiger partial charge in [-0.1, -0.05) is 29.8 Å². The van der Waals surface area contributed by atoms with E-state index in [0.29, 0.717) is 23.0 Å². The third-order valence-electron chi connectivity index (χ3n) is 4.10. The van der Waals surface area contributed by atoms with Crippen LogP contribution in [0.3, 0.4) is 0 Å². The Morgan fingerprint density at radius 3 is 2.42 bits per heavy atom. The summed E-state index contributed by atoms with van der Waals surface area (Å²) in [5.74, 6) is 0.562. The molecule has 1 N–H and O–H groups in total. The van der Waals surface area contributed by atoms with Gasteiger partial charge in [0.1, 0.15) is 5.60 Å². The smallest absolute Gasteiger partial charge is 0.221 e. The molecule has 0 radical (unpaired) electrons. The number of aliphatic hydroxyl groups is 1. The molecule has 0 atom stereocenters. The predicted octanol–water partition coefficient (Wildman–Crippen LogP) is 4.62. The SMILES string of the molecule is COc1ncc(Cc2ccc(C(C)(C)O)nc2)cc1-c1cccc(Cl)c1. The Kier molecular flexibility index (Phi) is 5.25. The quantitative estimate of drug-likeness (QED) is 0.713. The van der Waals surface area contributed by atoms with Crippen molar-refractivity contribution in [2.75, 3.05) is 7.11 Å². The molecule has 0 fully saturated rings. The maximum absolute atomic E-state index is 10.0. The van der Waals surface area contributed by atoms with Crippen LogP contribution in [0.1, 0.15) is 30.7 Å². The van der Waals surface area contributed by atoms with Gasteiger partial charge < -0.3 is 9.84 Å². The van der Waals surface area contributed by atoms with Crippen LogP contribution in [0, 0.1) is 0 Å². The van der Waals surface area contributed by atoms with Gasteiger partial charge in [0.05, 0.1) is 12.8 Å². The maximum atomic E-state index is 10.0. The van der Waals surface area contributed by atoms with Gasteiger partial charge in [0.25, 0.3) is 0 Å². The minimum atomic E-state index is -0.944. The van der Waals surface area contributed by atoms with Gasteiger partial charge in [0.2, 0.25) is 5.88 Å². The van der Waals surface area contributed by atoms with Gasteiger partial charge in [-0.3, -0.25) is 4.98 Å². The molecule has 0 aliphatic rings. The second-order valence-electron chi connectivity index (χ2n) is 6.70. The number of halogens is 1. The minimum Gasteiger partial charge on any atom is -0.481 e. The van der Waals surface area contributed by atoms with Crippen molar-refractivity contribution in [3.05, 3.63) is 76.7 Å². The molecule has 3 rings (SSSR count). The molecule has 2 heterocycles. The lowest BCUT2D eigenvalue weighted by Gasteiger charge is -2.16. The van der Waals surface area contributed by atoms with E-state index in [2.05, 4.69) is 16.0 Å². The molecule has 0 spiro atoms. The van der Waals surface area contributed by atoms with Crippen LogP contribution in [0.15, 0.2) is 54.9 Å². The fraction of sp³-hybridized carbons (Fsp3) is 0.238. The summed E-state index contributed by atoms with van der Waals surface area (Å²) in [4.78, 5) is 8.79. The van der Waals surface area contributed by atoms with Gasteiger partial charge in [-0.05, 0) is 54.8 Å². The number of aromatic nitrogens is 2. The van der Waals surface area contributed by atoms with Crippen molar-refractivity contribution < 1.29 is 9.84 Å². The molecule has 134 valence electrons. The zero-order valence-electron chi connectivity index (χ0n) is 15.0. The monoisotopic (exact) mass is 368 g/mol. The van der Waals surface area contributed by atoms with Gasteiger partial charge in [-0.15, -0.1) is 0 Å². The number of nitrogens with zero attached hydrogens (tertiary/aromatic N) is 2. The first-order chi connectivity index (χ1) is 12.4. The first-order valence-electron chi connectivity index (χ1n) is 8.33. The predicted molar refractivity (Wildman–Crippen MR) is 104 cm³/mol. The Morgan fingerprint density at radius 2 is 1.81 bits per heavy atom. The summed E-state index contributed by atoms with van der Waals surface area (Å²) in [5, 5.41) is 10.7. The van der Waals surface area contributed by atoms with Crippen molar-refractivity contribution in [1.29, 1.82) is 0 Å². The molecule has 0 bridgehead atoms.